The second kappa shape index (κ2) is 7.51. The summed E-state index contributed by atoms with van der Waals surface area (Å²) in [4.78, 5) is 22.6. The second-order valence-electron chi connectivity index (χ2n) is 4.45. The number of carboxylic acids is 1. The van der Waals surface area contributed by atoms with Crippen molar-refractivity contribution in [2.75, 3.05) is 5.75 Å². The van der Waals surface area contributed by atoms with Crippen LogP contribution in [0.1, 0.15) is 39.5 Å². The van der Waals surface area contributed by atoms with Crippen molar-refractivity contribution in [3.63, 3.8) is 0 Å². The molecule has 0 aromatic carbocycles. The Balaban J connectivity index is 2.41. The number of aliphatic carboxylic acids is 1. The maximum absolute atomic E-state index is 11.7. The van der Waals surface area contributed by atoms with Crippen LogP contribution in [0, 0.1) is 0 Å². The van der Waals surface area contributed by atoms with Gasteiger partial charge < -0.3 is 15.7 Å². The molecule has 2 amide bonds. The molecule has 1 fully saturated rings. The molecule has 0 aromatic rings. The maximum Gasteiger partial charge on any atom is 0.326 e. The molecular weight excluding hydrogens is 252 g/mol. The molecule has 1 rings (SSSR count). The molecule has 2 unspecified atom stereocenters. The predicted octanol–water partition coefficient (Wildman–Crippen LogP) is 1.82. The first-order valence-electron chi connectivity index (χ1n) is 6.49. The van der Waals surface area contributed by atoms with Gasteiger partial charge >= 0.3 is 12.0 Å². The van der Waals surface area contributed by atoms with Gasteiger partial charge in [0, 0.05) is 11.3 Å². The monoisotopic (exact) mass is 274 g/mol. The van der Waals surface area contributed by atoms with E-state index < -0.39 is 12.0 Å². The van der Waals surface area contributed by atoms with Gasteiger partial charge in [-0.05, 0) is 25.0 Å². The highest BCUT2D eigenvalue weighted by Gasteiger charge is 2.29. The van der Waals surface area contributed by atoms with Crippen LogP contribution in [-0.2, 0) is 4.79 Å². The third-order valence-corrected chi connectivity index (χ3v) is 4.49. The summed E-state index contributed by atoms with van der Waals surface area (Å²) in [5.74, 6) is 0.0514. The van der Waals surface area contributed by atoms with Crippen LogP contribution in [0.2, 0.25) is 0 Å². The molecule has 0 spiro atoms. The van der Waals surface area contributed by atoms with Crippen LogP contribution in [0.5, 0.6) is 0 Å². The lowest BCUT2D eigenvalue weighted by Crippen LogP contribution is -2.50. The van der Waals surface area contributed by atoms with Crippen molar-refractivity contribution in [3.05, 3.63) is 0 Å². The van der Waals surface area contributed by atoms with E-state index in [4.69, 9.17) is 5.11 Å². The van der Waals surface area contributed by atoms with Crippen molar-refractivity contribution < 1.29 is 14.7 Å². The van der Waals surface area contributed by atoms with Gasteiger partial charge in [-0.2, -0.15) is 11.8 Å². The molecule has 1 saturated carbocycles. The number of hydrogen-bond acceptors (Lipinski definition) is 3. The second-order valence-corrected chi connectivity index (χ2v) is 5.96. The molecule has 104 valence electrons. The summed E-state index contributed by atoms with van der Waals surface area (Å²) in [6.45, 7) is 3.85. The molecule has 6 heteroatoms. The third kappa shape index (κ3) is 4.40. The summed E-state index contributed by atoms with van der Waals surface area (Å²) in [7, 11) is 0. The molecule has 1 aliphatic carbocycles. The Bertz CT molecular complexity index is 299. The van der Waals surface area contributed by atoms with Gasteiger partial charge in [-0.3, -0.25) is 0 Å². The molecular formula is C12H22N2O3S. The van der Waals surface area contributed by atoms with E-state index in [0.717, 1.165) is 25.0 Å². The van der Waals surface area contributed by atoms with Crippen molar-refractivity contribution in [3.8, 4) is 0 Å². The highest BCUT2D eigenvalue weighted by molar-refractivity contribution is 7.99. The summed E-state index contributed by atoms with van der Waals surface area (Å²) >= 11 is 1.86. The topological polar surface area (TPSA) is 78.4 Å². The van der Waals surface area contributed by atoms with Gasteiger partial charge in [0.25, 0.3) is 0 Å². The Morgan fingerprint density at radius 3 is 2.67 bits per heavy atom. The van der Waals surface area contributed by atoms with Gasteiger partial charge in [0.2, 0.25) is 0 Å². The van der Waals surface area contributed by atoms with E-state index >= 15 is 0 Å². The van der Waals surface area contributed by atoms with Crippen molar-refractivity contribution in [2.24, 2.45) is 0 Å². The highest BCUT2D eigenvalue weighted by Crippen LogP contribution is 2.29. The van der Waals surface area contributed by atoms with Crippen LogP contribution in [0.25, 0.3) is 0 Å². The minimum Gasteiger partial charge on any atom is -0.480 e. The van der Waals surface area contributed by atoms with Gasteiger partial charge in [0.15, 0.2) is 0 Å². The number of nitrogens with one attached hydrogen (secondary N) is 2. The van der Waals surface area contributed by atoms with Crippen molar-refractivity contribution in [1.29, 1.82) is 0 Å². The minimum absolute atomic E-state index is 0.168. The number of thioether (sulfide) groups is 1. The number of amides is 2. The number of hydrogen-bond donors (Lipinski definition) is 3. The van der Waals surface area contributed by atoms with E-state index in [1.165, 1.54) is 0 Å². The van der Waals surface area contributed by atoms with E-state index in [0.29, 0.717) is 11.7 Å². The van der Waals surface area contributed by atoms with Gasteiger partial charge in [-0.1, -0.05) is 20.3 Å². The Kier molecular flexibility index (Phi) is 6.32. The number of carboxylic acid groups (broad SMARTS) is 1. The summed E-state index contributed by atoms with van der Waals surface area (Å²) in [5.41, 5.74) is 0. The summed E-state index contributed by atoms with van der Waals surface area (Å²) in [5, 5.41) is 14.7. The van der Waals surface area contributed by atoms with Crippen LogP contribution in [0.3, 0.4) is 0 Å². The van der Waals surface area contributed by atoms with E-state index in [1.54, 1.807) is 6.92 Å². The van der Waals surface area contributed by atoms with Crippen LogP contribution in [0.4, 0.5) is 4.79 Å². The molecule has 0 radical (unpaired) electrons. The first-order chi connectivity index (χ1) is 8.58. The summed E-state index contributed by atoms with van der Waals surface area (Å²) in [6.07, 6.45) is 3.62. The molecule has 0 aliphatic heterocycles. The zero-order valence-corrected chi connectivity index (χ0v) is 11.8. The van der Waals surface area contributed by atoms with Crippen LogP contribution in [0.15, 0.2) is 0 Å². The van der Waals surface area contributed by atoms with Crippen molar-refractivity contribution in [2.45, 2.75) is 56.9 Å². The fraction of sp³-hybridized carbons (Fsp3) is 0.833. The Morgan fingerprint density at radius 1 is 1.39 bits per heavy atom. The smallest absolute Gasteiger partial charge is 0.326 e. The minimum atomic E-state index is -0.987. The van der Waals surface area contributed by atoms with Gasteiger partial charge in [-0.15, -0.1) is 0 Å². The normalized spacial score (nSPS) is 24.6. The Morgan fingerprint density at radius 2 is 2.11 bits per heavy atom. The molecule has 18 heavy (non-hydrogen) atoms. The Labute approximate surface area is 112 Å². The SMILES string of the molecule is CCSC1CCCC1NC(=O)N[C@H](CC)C(=O)O. The fourth-order valence-electron chi connectivity index (χ4n) is 2.21. The highest BCUT2D eigenvalue weighted by atomic mass is 32.2. The number of rotatable bonds is 6. The summed E-state index contributed by atoms with van der Waals surface area (Å²) in [6, 6.07) is -0.997. The van der Waals surface area contributed by atoms with E-state index in [9.17, 15) is 9.59 Å². The standard InChI is InChI=1S/C12H22N2O3S/c1-3-8(11(15)16)13-12(17)14-9-6-5-7-10(9)18-4-2/h8-10H,3-7H2,1-2H3,(H,15,16)(H2,13,14,17)/t8-,9?,10?/m1/s1. The van der Waals surface area contributed by atoms with Crippen molar-refractivity contribution in [1.82, 2.24) is 10.6 Å². The first kappa shape index (κ1) is 15.1. The molecule has 0 saturated heterocycles. The quantitative estimate of drug-likeness (QED) is 0.690. The van der Waals surface area contributed by atoms with Crippen LogP contribution in [-0.4, -0.2) is 40.2 Å². The fourth-order valence-corrected chi connectivity index (χ4v) is 3.41. The largest absolute Gasteiger partial charge is 0.480 e. The molecule has 0 aromatic heterocycles. The lowest BCUT2D eigenvalue weighted by Gasteiger charge is -2.21. The molecule has 5 nitrogen and oxygen atoms in total. The lowest BCUT2D eigenvalue weighted by molar-refractivity contribution is -0.139. The van der Waals surface area contributed by atoms with Gasteiger partial charge in [0.1, 0.15) is 6.04 Å². The summed E-state index contributed by atoms with van der Waals surface area (Å²) < 4.78 is 0. The van der Waals surface area contributed by atoms with Gasteiger partial charge in [0.05, 0.1) is 0 Å². The van der Waals surface area contributed by atoms with E-state index in [1.807, 2.05) is 11.8 Å². The number of carbonyl (C=O) groups is 2. The molecule has 3 N–H and O–H groups in total. The lowest BCUT2D eigenvalue weighted by atomic mass is 10.2. The van der Waals surface area contributed by atoms with E-state index in [2.05, 4.69) is 17.6 Å². The zero-order valence-electron chi connectivity index (χ0n) is 10.9. The number of carbonyl (C=O) groups excluding carboxylic acids is 1. The third-order valence-electron chi connectivity index (χ3n) is 3.16. The van der Waals surface area contributed by atoms with Gasteiger partial charge in [-0.25, -0.2) is 9.59 Å². The number of urea groups is 1. The molecule has 1 aliphatic rings. The molecule has 3 atom stereocenters. The van der Waals surface area contributed by atoms with Crippen molar-refractivity contribution >= 4 is 23.8 Å². The zero-order chi connectivity index (χ0) is 13.5. The Hall–Kier alpha value is -0.910. The van der Waals surface area contributed by atoms with E-state index in [-0.39, 0.29) is 12.1 Å². The average molecular weight is 274 g/mol. The van der Waals surface area contributed by atoms with Crippen LogP contribution < -0.4 is 10.6 Å². The predicted molar refractivity (Wildman–Crippen MR) is 72.9 cm³/mol. The average Bonchev–Trinajstić information content (AvgIpc) is 2.73. The molecule has 0 heterocycles. The van der Waals surface area contributed by atoms with Crippen LogP contribution >= 0.6 is 11.8 Å². The molecule has 0 bridgehead atoms. The maximum atomic E-state index is 11.7. The first-order valence-corrected chi connectivity index (χ1v) is 7.54.